The zero-order valence-electron chi connectivity index (χ0n) is 11.4. The van der Waals surface area contributed by atoms with Crippen LogP contribution in [0.3, 0.4) is 0 Å². The van der Waals surface area contributed by atoms with Crippen molar-refractivity contribution in [2.24, 2.45) is 0 Å². The summed E-state index contributed by atoms with van der Waals surface area (Å²) < 4.78 is 0. The molecular weight excluding hydrogens is 260 g/mol. The van der Waals surface area contributed by atoms with E-state index >= 15 is 0 Å². The van der Waals surface area contributed by atoms with Gasteiger partial charge in [0.05, 0.1) is 19.1 Å². The van der Waals surface area contributed by atoms with Crippen molar-refractivity contribution in [3.8, 4) is 0 Å². The summed E-state index contributed by atoms with van der Waals surface area (Å²) in [5, 5.41) is 3.76. The number of rotatable bonds is 4. The van der Waals surface area contributed by atoms with E-state index in [0.29, 0.717) is 11.6 Å². The average Bonchev–Trinajstić information content (AvgIpc) is 2.39. The van der Waals surface area contributed by atoms with Crippen LogP contribution in [-0.2, 0) is 4.79 Å². The van der Waals surface area contributed by atoms with Crippen molar-refractivity contribution in [2.75, 3.05) is 19.6 Å². The first kappa shape index (κ1) is 14.4. The molecule has 2 rings (SSSR count). The largest absolute Gasteiger partial charge is 0.345 e. The highest BCUT2D eigenvalue weighted by Gasteiger charge is 2.18. The van der Waals surface area contributed by atoms with Crippen molar-refractivity contribution in [3.63, 3.8) is 0 Å². The van der Waals surface area contributed by atoms with Crippen LogP contribution in [0.2, 0.25) is 5.02 Å². The van der Waals surface area contributed by atoms with Crippen LogP contribution in [0, 0.1) is 0 Å². The van der Waals surface area contributed by atoms with Crippen molar-refractivity contribution >= 4 is 17.5 Å². The lowest BCUT2D eigenvalue weighted by molar-refractivity contribution is -0.896. The van der Waals surface area contributed by atoms with Gasteiger partial charge in [0.2, 0.25) is 0 Å². The number of hydrogen-bond acceptors (Lipinski definition) is 1. The molecule has 0 unspecified atom stereocenters. The Morgan fingerprint density at radius 2 is 2.11 bits per heavy atom. The molecular formula is C15H22ClN2O+. The Bertz CT molecular complexity index is 430. The lowest BCUT2D eigenvalue weighted by Crippen LogP contribution is -3.13. The lowest BCUT2D eigenvalue weighted by atomic mass is 10.1. The summed E-state index contributed by atoms with van der Waals surface area (Å²) in [5.41, 5.74) is 1.05. The summed E-state index contributed by atoms with van der Waals surface area (Å²) in [5.74, 6) is 0.129. The van der Waals surface area contributed by atoms with Gasteiger partial charge in [0.1, 0.15) is 0 Å². The molecule has 1 aliphatic rings. The van der Waals surface area contributed by atoms with Gasteiger partial charge in [0.15, 0.2) is 6.54 Å². The van der Waals surface area contributed by atoms with Gasteiger partial charge in [-0.2, -0.15) is 0 Å². The molecule has 0 saturated carbocycles. The van der Waals surface area contributed by atoms with E-state index in [4.69, 9.17) is 11.6 Å². The standard InChI is InChI=1S/C15H21ClN2O/c1-12(13-6-5-7-14(16)10-13)17-15(19)11-18-8-3-2-4-9-18/h5-7,10,12H,2-4,8-9,11H2,1H3,(H,17,19)/p+1/t12-/m1/s1. The number of likely N-dealkylation sites (tertiary alicyclic amines) is 1. The normalized spacial score (nSPS) is 18.0. The highest BCUT2D eigenvalue weighted by Crippen LogP contribution is 2.16. The molecule has 0 bridgehead atoms. The number of halogens is 1. The van der Waals surface area contributed by atoms with Gasteiger partial charge in [0, 0.05) is 5.02 Å². The fourth-order valence-electron chi connectivity index (χ4n) is 2.61. The minimum absolute atomic E-state index is 0.00962. The summed E-state index contributed by atoms with van der Waals surface area (Å²) in [6, 6.07) is 7.66. The van der Waals surface area contributed by atoms with Crippen molar-refractivity contribution in [1.82, 2.24) is 5.32 Å². The van der Waals surface area contributed by atoms with Crippen molar-refractivity contribution < 1.29 is 9.69 Å². The minimum Gasteiger partial charge on any atom is -0.345 e. The van der Waals surface area contributed by atoms with Crippen molar-refractivity contribution in [1.29, 1.82) is 0 Å². The molecule has 1 aromatic carbocycles. The average molecular weight is 282 g/mol. The number of amides is 1. The van der Waals surface area contributed by atoms with Gasteiger partial charge in [-0.1, -0.05) is 23.7 Å². The molecule has 4 heteroatoms. The van der Waals surface area contributed by atoms with E-state index in [-0.39, 0.29) is 11.9 Å². The van der Waals surface area contributed by atoms with Gasteiger partial charge in [-0.05, 0) is 43.9 Å². The number of carbonyl (C=O) groups excluding carboxylic acids is 1. The van der Waals surface area contributed by atoms with Crippen LogP contribution in [0.25, 0.3) is 0 Å². The Labute approximate surface area is 119 Å². The highest BCUT2D eigenvalue weighted by molar-refractivity contribution is 6.30. The molecule has 1 aromatic rings. The molecule has 1 heterocycles. The Kier molecular flexibility index (Phi) is 5.23. The second-order valence-electron chi connectivity index (χ2n) is 5.33. The van der Waals surface area contributed by atoms with Gasteiger partial charge < -0.3 is 10.2 Å². The van der Waals surface area contributed by atoms with Gasteiger partial charge in [-0.25, -0.2) is 0 Å². The van der Waals surface area contributed by atoms with E-state index in [0.717, 1.165) is 18.7 Å². The Morgan fingerprint density at radius 3 is 2.79 bits per heavy atom. The van der Waals surface area contributed by atoms with Crippen LogP contribution in [0.5, 0.6) is 0 Å². The number of piperidine rings is 1. The second kappa shape index (κ2) is 6.92. The maximum absolute atomic E-state index is 12.0. The lowest BCUT2D eigenvalue weighted by Gasteiger charge is -2.23. The third-order valence-electron chi connectivity index (χ3n) is 3.70. The fourth-order valence-corrected chi connectivity index (χ4v) is 2.81. The Balaban J connectivity index is 1.84. The molecule has 19 heavy (non-hydrogen) atoms. The topological polar surface area (TPSA) is 33.5 Å². The zero-order valence-corrected chi connectivity index (χ0v) is 12.2. The number of carbonyl (C=O) groups is 1. The molecule has 2 N–H and O–H groups in total. The summed E-state index contributed by atoms with van der Waals surface area (Å²) in [7, 11) is 0. The summed E-state index contributed by atoms with van der Waals surface area (Å²) in [6.07, 6.45) is 3.79. The SMILES string of the molecule is C[C@@H](NC(=O)C[NH+]1CCCCC1)c1cccc(Cl)c1. The molecule has 0 aliphatic carbocycles. The molecule has 1 aliphatic heterocycles. The molecule has 1 fully saturated rings. The number of nitrogens with one attached hydrogen (secondary N) is 2. The molecule has 0 spiro atoms. The van der Waals surface area contributed by atoms with Crippen LogP contribution in [0.15, 0.2) is 24.3 Å². The van der Waals surface area contributed by atoms with Gasteiger partial charge in [-0.15, -0.1) is 0 Å². The molecule has 1 atom stereocenters. The zero-order chi connectivity index (χ0) is 13.7. The monoisotopic (exact) mass is 281 g/mol. The molecule has 0 aromatic heterocycles. The van der Waals surface area contributed by atoms with Gasteiger partial charge in [-0.3, -0.25) is 4.79 Å². The molecule has 0 radical (unpaired) electrons. The van der Waals surface area contributed by atoms with Crippen LogP contribution >= 0.6 is 11.6 Å². The summed E-state index contributed by atoms with van der Waals surface area (Å²) >= 11 is 5.96. The van der Waals surface area contributed by atoms with E-state index < -0.39 is 0 Å². The van der Waals surface area contributed by atoms with Crippen LogP contribution in [-0.4, -0.2) is 25.5 Å². The van der Waals surface area contributed by atoms with Crippen LogP contribution in [0.4, 0.5) is 0 Å². The van der Waals surface area contributed by atoms with Crippen molar-refractivity contribution in [3.05, 3.63) is 34.9 Å². The molecule has 1 amide bonds. The second-order valence-corrected chi connectivity index (χ2v) is 5.77. The first-order valence-electron chi connectivity index (χ1n) is 7.03. The number of hydrogen-bond donors (Lipinski definition) is 2. The first-order chi connectivity index (χ1) is 9.15. The Hall–Kier alpha value is -1.06. The van der Waals surface area contributed by atoms with E-state index in [1.807, 2.05) is 31.2 Å². The first-order valence-corrected chi connectivity index (χ1v) is 7.41. The van der Waals surface area contributed by atoms with E-state index in [1.54, 1.807) is 0 Å². The molecule has 3 nitrogen and oxygen atoms in total. The van der Waals surface area contributed by atoms with E-state index in [9.17, 15) is 4.79 Å². The third-order valence-corrected chi connectivity index (χ3v) is 3.93. The van der Waals surface area contributed by atoms with Crippen molar-refractivity contribution in [2.45, 2.75) is 32.2 Å². The quantitative estimate of drug-likeness (QED) is 0.863. The fraction of sp³-hybridized carbons (Fsp3) is 0.533. The molecule has 104 valence electrons. The van der Waals surface area contributed by atoms with E-state index in [1.165, 1.54) is 24.2 Å². The summed E-state index contributed by atoms with van der Waals surface area (Å²) in [6.45, 7) is 4.83. The number of quaternary nitrogens is 1. The predicted molar refractivity (Wildman–Crippen MR) is 77.4 cm³/mol. The maximum atomic E-state index is 12.0. The smallest absolute Gasteiger partial charge is 0.275 e. The summed E-state index contributed by atoms with van der Waals surface area (Å²) in [4.78, 5) is 13.4. The third kappa shape index (κ3) is 4.51. The number of benzene rings is 1. The maximum Gasteiger partial charge on any atom is 0.275 e. The van der Waals surface area contributed by atoms with Gasteiger partial charge >= 0.3 is 0 Å². The highest BCUT2D eigenvalue weighted by atomic mass is 35.5. The minimum atomic E-state index is 0.00962. The predicted octanol–water partition coefficient (Wildman–Crippen LogP) is 1.59. The van der Waals surface area contributed by atoms with Crippen LogP contribution < -0.4 is 10.2 Å². The van der Waals surface area contributed by atoms with E-state index in [2.05, 4.69) is 5.32 Å². The van der Waals surface area contributed by atoms with Crippen LogP contribution in [0.1, 0.15) is 37.8 Å². The van der Waals surface area contributed by atoms with Gasteiger partial charge in [0.25, 0.3) is 5.91 Å². The molecule has 1 saturated heterocycles. The Morgan fingerprint density at radius 1 is 1.37 bits per heavy atom.